The van der Waals surface area contributed by atoms with Crippen molar-refractivity contribution in [2.75, 3.05) is 5.32 Å². The highest BCUT2D eigenvalue weighted by Gasteiger charge is 2.12. The van der Waals surface area contributed by atoms with Crippen molar-refractivity contribution in [3.8, 4) is 0 Å². The minimum Gasteiger partial charge on any atom is -0.478 e. The molecule has 5 nitrogen and oxygen atoms in total. The molecule has 0 radical (unpaired) electrons. The third kappa shape index (κ3) is 3.73. The van der Waals surface area contributed by atoms with E-state index in [2.05, 4.69) is 10.3 Å². The molecule has 0 saturated carbocycles. The molecule has 0 saturated heterocycles. The van der Waals surface area contributed by atoms with Crippen LogP contribution in [0.3, 0.4) is 0 Å². The SMILES string of the molecule is O=C(O)C=Cc1cnccc1C(=O)Nc1ccccc1F. The van der Waals surface area contributed by atoms with Crippen molar-refractivity contribution in [3.05, 3.63) is 65.7 Å². The molecule has 6 heteroatoms. The maximum atomic E-state index is 13.5. The summed E-state index contributed by atoms with van der Waals surface area (Å²) in [6, 6.07) is 7.20. The number of anilines is 1. The molecule has 21 heavy (non-hydrogen) atoms. The second-order valence-electron chi connectivity index (χ2n) is 4.07. The molecule has 0 spiro atoms. The second kappa shape index (κ2) is 6.42. The average Bonchev–Trinajstić information content (AvgIpc) is 2.47. The first-order valence-electron chi connectivity index (χ1n) is 5.99. The molecular weight excluding hydrogens is 275 g/mol. The van der Waals surface area contributed by atoms with Gasteiger partial charge in [-0.15, -0.1) is 0 Å². The van der Waals surface area contributed by atoms with Gasteiger partial charge in [0.25, 0.3) is 5.91 Å². The Labute approximate surface area is 119 Å². The number of halogens is 1. The van der Waals surface area contributed by atoms with Crippen LogP contribution in [0.4, 0.5) is 10.1 Å². The zero-order valence-electron chi connectivity index (χ0n) is 10.8. The summed E-state index contributed by atoms with van der Waals surface area (Å²) >= 11 is 0. The van der Waals surface area contributed by atoms with Crippen LogP contribution < -0.4 is 5.32 Å². The van der Waals surface area contributed by atoms with Crippen molar-refractivity contribution in [1.82, 2.24) is 4.98 Å². The summed E-state index contributed by atoms with van der Waals surface area (Å²) in [4.78, 5) is 26.5. The number of aliphatic carboxylic acids is 1. The van der Waals surface area contributed by atoms with Gasteiger partial charge < -0.3 is 10.4 Å². The standard InChI is InChI=1S/C15H11FN2O3/c16-12-3-1-2-4-13(12)18-15(21)11-7-8-17-9-10(11)5-6-14(19)20/h1-9H,(H,18,21)(H,19,20). The van der Waals surface area contributed by atoms with Gasteiger partial charge >= 0.3 is 5.97 Å². The van der Waals surface area contributed by atoms with Crippen LogP contribution in [0.5, 0.6) is 0 Å². The summed E-state index contributed by atoms with van der Waals surface area (Å²) in [5.74, 6) is -2.24. The first-order chi connectivity index (χ1) is 10.1. The van der Waals surface area contributed by atoms with Gasteiger partial charge in [0.15, 0.2) is 0 Å². The monoisotopic (exact) mass is 286 g/mol. The van der Waals surface area contributed by atoms with E-state index in [1.165, 1.54) is 42.7 Å². The molecule has 2 aromatic rings. The zero-order valence-corrected chi connectivity index (χ0v) is 10.8. The van der Waals surface area contributed by atoms with Crippen molar-refractivity contribution in [1.29, 1.82) is 0 Å². The van der Waals surface area contributed by atoms with Gasteiger partial charge in [0.05, 0.1) is 5.69 Å². The average molecular weight is 286 g/mol. The van der Waals surface area contributed by atoms with Crippen LogP contribution in [0.2, 0.25) is 0 Å². The number of carboxylic acid groups (broad SMARTS) is 1. The number of amides is 1. The van der Waals surface area contributed by atoms with Crippen LogP contribution in [-0.2, 0) is 4.79 Å². The zero-order chi connectivity index (χ0) is 15.2. The van der Waals surface area contributed by atoms with Crippen LogP contribution >= 0.6 is 0 Å². The molecule has 1 aromatic carbocycles. The van der Waals surface area contributed by atoms with E-state index in [0.29, 0.717) is 5.56 Å². The molecule has 0 aliphatic heterocycles. The van der Waals surface area contributed by atoms with Crippen molar-refractivity contribution in [2.45, 2.75) is 0 Å². The molecule has 0 bridgehead atoms. The number of benzene rings is 1. The molecule has 0 aliphatic carbocycles. The van der Waals surface area contributed by atoms with Crippen LogP contribution in [0.1, 0.15) is 15.9 Å². The van der Waals surface area contributed by atoms with E-state index >= 15 is 0 Å². The summed E-state index contributed by atoms with van der Waals surface area (Å²) in [7, 11) is 0. The topological polar surface area (TPSA) is 79.3 Å². The third-order valence-electron chi connectivity index (χ3n) is 2.62. The molecule has 1 amide bonds. The fraction of sp³-hybridized carbons (Fsp3) is 0. The van der Waals surface area contributed by atoms with Gasteiger partial charge in [-0.2, -0.15) is 0 Å². The number of rotatable bonds is 4. The van der Waals surface area contributed by atoms with E-state index in [-0.39, 0.29) is 11.3 Å². The fourth-order valence-corrected chi connectivity index (χ4v) is 1.66. The predicted octanol–water partition coefficient (Wildman–Crippen LogP) is 2.57. The summed E-state index contributed by atoms with van der Waals surface area (Å²) in [6.07, 6.45) is 4.91. The smallest absolute Gasteiger partial charge is 0.328 e. The van der Waals surface area contributed by atoms with E-state index in [1.54, 1.807) is 6.07 Å². The predicted molar refractivity (Wildman–Crippen MR) is 75.3 cm³/mol. The molecule has 0 fully saturated rings. The van der Waals surface area contributed by atoms with Crippen LogP contribution in [-0.4, -0.2) is 22.0 Å². The molecule has 106 valence electrons. The highest BCUT2D eigenvalue weighted by Crippen LogP contribution is 2.16. The Morgan fingerprint density at radius 1 is 1.24 bits per heavy atom. The van der Waals surface area contributed by atoms with E-state index < -0.39 is 17.7 Å². The van der Waals surface area contributed by atoms with Crippen molar-refractivity contribution in [2.24, 2.45) is 0 Å². The fourth-order valence-electron chi connectivity index (χ4n) is 1.66. The quantitative estimate of drug-likeness (QED) is 0.847. The molecular formula is C15H11FN2O3. The molecule has 0 unspecified atom stereocenters. The Morgan fingerprint density at radius 2 is 2.00 bits per heavy atom. The molecule has 2 N–H and O–H groups in total. The lowest BCUT2D eigenvalue weighted by molar-refractivity contribution is -0.131. The lowest BCUT2D eigenvalue weighted by atomic mass is 10.1. The minimum absolute atomic E-state index is 0.0486. The lowest BCUT2D eigenvalue weighted by Crippen LogP contribution is -2.14. The molecule has 0 aliphatic rings. The molecule has 1 aromatic heterocycles. The summed E-state index contributed by atoms with van der Waals surface area (Å²) < 4.78 is 13.5. The van der Waals surface area contributed by atoms with Crippen LogP contribution in [0.15, 0.2) is 48.8 Å². The summed E-state index contributed by atoms with van der Waals surface area (Å²) in [5.41, 5.74) is 0.576. The van der Waals surface area contributed by atoms with E-state index in [4.69, 9.17) is 5.11 Å². The first-order valence-corrected chi connectivity index (χ1v) is 5.99. The number of aromatic nitrogens is 1. The Hall–Kier alpha value is -3.02. The molecule has 2 rings (SSSR count). The van der Waals surface area contributed by atoms with Crippen LogP contribution in [0, 0.1) is 5.82 Å². The Kier molecular flexibility index (Phi) is 4.40. The Bertz CT molecular complexity index is 714. The van der Waals surface area contributed by atoms with E-state index in [1.807, 2.05) is 0 Å². The Balaban J connectivity index is 2.28. The summed E-state index contributed by atoms with van der Waals surface area (Å²) in [5, 5.41) is 11.1. The van der Waals surface area contributed by atoms with Gasteiger partial charge in [0.2, 0.25) is 0 Å². The largest absolute Gasteiger partial charge is 0.478 e. The number of para-hydroxylation sites is 1. The van der Waals surface area contributed by atoms with Gasteiger partial charge in [-0.1, -0.05) is 12.1 Å². The number of hydrogen-bond acceptors (Lipinski definition) is 3. The van der Waals surface area contributed by atoms with Crippen molar-refractivity contribution < 1.29 is 19.1 Å². The number of carboxylic acids is 1. The number of pyridine rings is 1. The number of carbonyl (C=O) groups excluding carboxylic acids is 1. The molecule has 1 heterocycles. The van der Waals surface area contributed by atoms with Crippen molar-refractivity contribution in [3.63, 3.8) is 0 Å². The van der Waals surface area contributed by atoms with Gasteiger partial charge in [0, 0.05) is 29.6 Å². The van der Waals surface area contributed by atoms with Gasteiger partial charge in [-0.3, -0.25) is 9.78 Å². The maximum Gasteiger partial charge on any atom is 0.328 e. The molecule has 0 atom stereocenters. The number of hydrogen-bond donors (Lipinski definition) is 2. The number of nitrogens with one attached hydrogen (secondary N) is 1. The third-order valence-corrected chi connectivity index (χ3v) is 2.62. The first kappa shape index (κ1) is 14.4. The highest BCUT2D eigenvalue weighted by molar-refractivity contribution is 6.07. The number of carbonyl (C=O) groups is 2. The highest BCUT2D eigenvalue weighted by atomic mass is 19.1. The Morgan fingerprint density at radius 3 is 2.71 bits per heavy atom. The minimum atomic E-state index is -1.14. The van der Waals surface area contributed by atoms with E-state index in [9.17, 15) is 14.0 Å². The maximum absolute atomic E-state index is 13.5. The van der Waals surface area contributed by atoms with Crippen molar-refractivity contribution >= 4 is 23.6 Å². The lowest BCUT2D eigenvalue weighted by Gasteiger charge is -2.08. The summed E-state index contributed by atoms with van der Waals surface area (Å²) in [6.45, 7) is 0. The number of nitrogens with zero attached hydrogens (tertiary/aromatic N) is 1. The second-order valence-corrected chi connectivity index (χ2v) is 4.07. The van der Waals surface area contributed by atoms with E-state index in [0.717, 1.165) is 6.08 Å². The van der Waals surface area contributed by atoms with Gasteiger partial charge in [0.1, 0.15) is 5.82 Å². The normalized spacial score (nSPS) is 10.5. The van der Waals surface area contributed by atoms with Gasteiger partial charge in [-0.05, 0) is 24.3 Å². The van der Waals surface area contributed by atoms with Gasteiger partial charge in [-0.25, -0.2) is 9.18 Å². The van der Waals surface area contributed by atoms with Crippen LogP contribution in [0.25, 0.3) is 6.08 Å².